The largest absolute Gasteiger partial charge is 0.394 e. The number of ether oxygens (including phenoxy) is 20. The number of rotatable bonds is 71. The first-order chi connectivity index (χ1) is 69.9. The van der Waals surface area contributed by atoms with Gasteiger partial charge in [-0.15, -0.1) is 0 Å². The Morgan fingerprint density at radius 1 is 0.193 bits per heavy atom. The third kappa shape index (κ3) is 43.6. The second-order valence-corrected chi connectivity index (χ2v) is 39.3. The molecule has 0 aromatic carbocycles. The van der Waals surface area contributed by atoms with E-state index in [4.69, 9.17) is 94.7 Å². The summed E-state index contributed by atoms with van der Waals surface area (Å²) in [6, 6.07) is 0. The van der Waals surface area contributed by atoms with Crippen LogP contribution >= 0.6 is 0 Å². The molecule has 8 saturated heterocycles. The molecule has 8 aliphatic rings. The van der Waals surface area contributed by atoms with Gasteiger partial charge in [-0.2, -0.15) is 0 Å². The second kappa shape index (κ2) is 74.3. The van der Waals surface area contributed by atoms with E-state index in [-0.39, 0.29) is 52.7 Å². The molecule has 0 saturated carbocycles. The van der Waals surface area contributed by atoms with Crippen LogP contribution in [-0.2, 0) is 94.7 Å². The normalized spacial score (nSPS) is 36.9. The molecule has 0 aromatic rings. The molecule has 27 N–H and O–H groups in total. The van der Waals surface area contributed by atoms with Crippen molar-refractivity contribution < 1.29 is 233 Å². The van der Waals surface area contributed by atoms with E-state index in [9.17, 15) is 138 Å². The van der Waals surface area contributed by atoms with Crippen molar-refractivity contribution >= 4 is 0 Å². The summed E-state index contributed by atoms with van der Waals surface area (Å²) in [6.45, 7) is 5.50. The Balaban J connectivity index is 0.000000368. The third-order valence-corrected chi connectivity index (χ3v) is 27.4. The molecule has 47 heteroatoms. The summed E-state index contributed by atoms with van der Waals surface area (Å²) >= 11 is 0. The molecule has 22 unspecified atom stereocenters. The summed E-state index contributed by atoms with van der Waals surface area (Å²) in [4.78, 5) is 0. The van der Waals surface area contributed by atoms with Crippen LogP contribution in [0.4, 0.5) is 0 Å². The molecular weight excluding hydrogens is 1930 g/mol. The molecule has 8 fully saturated rings. The molecule has 8 aliphatic heterocycles. The third-order valence-electron chi connectivity index (χ3n) is 27.4. The predicted molar refractivity (Wildman–Crippen MR) is 509 cm³/mol. The van der Waals surface area contributed by atoms with Crippen molar-refractivity contribution in [3.8, 4) is 0 Å². The average molecular weight is 2120 g/mol. The van der Waals surface area contributed by atoms with E-state index < -0.39 is 298 Å². The lowest BCUT2D eigenvalue weighted by Crippen LogP contribution is -2.65. The van der Waals surface area contributed by atoms with E-state index in [0.29, 0.717) is 39.5 Å². The molecule has 8 rings (SSSR count). The van der Waals surface area contributed by atoms with Crippen LogP contribution in [-0.4, -0.2) is 510 Å². The molecule has 0 spiro atoms. The van der Waals surface area contributed by atoms with Crippen LogP contribution in [0.25, 0.3) is 0 Å². The van der Waals surface area contributed by atoms with Crippen molar-refractivity contribution in [3.05, 3.63) is 0 Å². The summed E-state index contributed by atoms with van der Waals surface area (Å²) in [5.41, 5.74) is -1.28. The minimum Gasteiger partial charge on any atom is -0.394 e. The van der Waals surface area contributed by atoms with Crippen LogP contribution in [0.5, 0.6) is 0 Å². The summed E-state index contributed by atoms with van der Waals surface area (Å²) in [6.07, 6.45) is -22.3. The SMILES string of the molecule is CCCCCCCCCCOCC(COCCCCCCCCCC)(COC1OC(CO)[C@H](OC2OC(CO)[C@H](O)C(O)[C@H]2O)C(O)[C@H]1O)CO[C@H]1OC(CO)[C@H](O[C@H]2CC(O)[C@@H](O)C(CO)O2)C(O)[C@H]1O.CCCCCCCCCCOCCCOC1OC(CO)[C@H](OC2OC(CO)[C@H](O)C(O)[C@H]2O)C(O)[C@H]1O.CCCCCCCCCCOCCOC1OC(CO)[C@H](OC2OC(CO)[C@H](O)C(O)[C@H]2O)C(O)[C@H]1O. The molecular formula is C98H186O47. The quantitative estimate of drug-likeness (QED) is 0.0263. The molecule has 0 amide bonds. The lowest BCUT2D eigenvalue weighted by atomic mass is 9.91. The first kappa shape index (κ1) is 132. The van der Waals surface area contributed by atoms with Gasteiger partial charge in [0.15, 0.2) is 50.3 Å². The minimum absolute atomic E-state index is 0.0711. The fraction of sp³-hybridized carbons (Fsp3) is 1.00. The molecule has 0 aliphatic carbocycles. The van der Waals surface area contributed by atoms with Crippen molar-refractivity contribution in [2.24, 2.45) is 5.41 Å². The number of unbranched alkanes of at least 4 members (excludes halogenated alkanes) is 28. The summed E-state index contributed by atoms with van der Waals surface area (Å²) in [5, 5.41) is 278. The van der Waals surface area contributed by atoms with Crippen LogP contribution in [0.3, 0.4) is 0 Å². The van der Waals surface area contributed by atoms with Crippen LogP contribution in [0.2, 0.25) is 0 Å². The van der Waals surface area contributed by atoms with E-state index in [0.717, 1.165) is 103 Å². The van der Waals surface area contributed by atoms with Crippen LogP contribution in [0.1, 0.15) is 246 Å². The number of aliphatic hydroxyl groups excluding tert-OH is 27. The lowest BCUT2D eigenvalue weighted by Gasteiger charge is -2.46. The predicted octanol–water partition coefficient (Wildman–Crippen LogP) is -3.44. The molecule has 47 nitrogen and oxygen atoms in total. The number of hydrogen-bond acceptors (Lipinski definition) is 47. The lowest BCUT2D eigenvalue weighted by molar-refractivity contribution is -0.363. The standard InChI is InChI=1S/C49H92O23.C25H48O12.C24H46O12/c1-3-5-7-9-11-13-15-17-19-63-26-49(27-64-20-18-16-14-12-10-8-6-4-2,28-65-46-42(61)39(58)44(33(24-52)69-46)71-35-21-30(54)36(55)31(22-50)67-35)29-66-47-43(62)40(59)45(34(25-53)70-47)72-48-41(60)38(57)37(56)32(23-51)68-48;1-2-3-4-5-6-7-8-9-11-33-12-10-13-34-24-22(32)20(30)23(17(15-27)36-24)37-25-21(31)19(29)18(28)16(14-26)35-25;1-2-3-4-5-6-7-8-9-10-32-11-12-33-23-21(31)19(29)22(16(14-26)35-23)36-24-20(30)18(28)17(27)15(13-25)34-24/h30-48,50-62H,3-29H2,1-2H3;16-32H,2-15H2,1H3;15-31H,2-14H2,1H3/t30?,31?,32?,33?,34?,35-,36+,37-,38?,39?,40?,41+,42+,43+,44-,45-,46-,47?,48?;16?,17?,18-,19?,20?,21+,22+,23-,24?,25?;15?,16?,17-,18?,19?,20+,21+,22-,23?,24?/m000/s1. The number of hydrogen-bond donors (Lipinski definition) is 27. The van der Waals surface area contributed by atoms with Crippen LogP contribution in [0.15, 0.2) is 0 Å². The van der Waals surface area contributed by atoms with Crippen LogP contribution in [0, 0.1) is 5.41 Å². The van der Waals surface area contributed by atoms with Gasteiger partial charge in [0.05, 0.1) is 111 Å². The molecule has 860 valence electrons. The van der Waals surface area contributed by atoms with Gasteiger partial charge in [0.1, 0.15) is 183 Å². The smallest absolute Gasteiger partial charge is 0.187 e. The highest BCUT2D eigenvalue weighted by atomic mass is 16.8. The first-order valence-corrected chi connectivity index (χ1v) is 53.3. The highest BCUT2D eigenvalue weighted by molar-refractivity contribution is 5.00. The van der Waals surface area contributed by atoms with Gasteiger partial charge < -0.3 is 233 Å². The zero-order valence-corrected chi connectivity index (χ0v) is 85.4. The van der Waals surface area contributed by atoms with Gasteiger partial charge in [0, 0.05) is 39.5 Å². The first-order valence-electron chi connectivity index (χ1n) is 53.3. The Kier molecular flexibility index (Phi) is 67.6. The molecule has 8 heterocycles. The average Bonchev–Trinajstić information content (AvgIpc) is 0.793. The maximum atomic E-state index is 11.4. The summed E-state index contributed by atoms with van der Waals surface area (Å²) < 4.78 is 115. The van der Waals surface area contributed by atoms with E-state index in [1.165, 1.54) is 103 Å². The Morgan fingerprint density at radius 2 is 0.428 bits per heavy atom. The molecule has 145 heavy (non-hydrogen) atoms. The second-order valence-electron chi connectivity index (χ2n) is 39.3. The maximum absolute atomic E-state index is 11.4. The van der Waals surface area contributed by atoms with Gasteiger partial charge in [0.2, 0.25) is 0 Å². The maximum Gasteiger partial charge on any atom is 0.187 e. The van der Waals surface area contributed by atoms with E-state index in [2.05, 4.69) is 27.7 Å². The van der Waals surface area contributed by atoms with Crippen molar-refractivity contribution in [2.45, 2.75) is 486 Å². The van der Waals surface area contributed by atoms with Gasteiger partial charge in [-0.3, -0.25) is 0 Å². The van der Waals surface area contributed by atoms with Gasteiger partial charge >= 0.3 is 0 Å². The minimum atomic E-state index is -1.86. The fourth-order valence-electron chi connectivity index (χ4n) is 18.3. The Labute approximate surface area is 852 Å². The number of aliphatic hydroxyl groups is 27. The van der Waals surface area contributed by atoms with Crippen molar-refractivity contribution in [1.29, 1.82) is 0 Å². The Hall–Kier alpha value is -1.88. The van der Waals surface area contributed by atoms with Crippen molar-refractivity contribution in [2.75, 3.05) is 132 Å². The van der Waals surface area contributed by atoms with Gasteiger partial charge in [-0.05, 0) is 32.1 Å². The van der Waals surface area contributed by atoms with E-state index in [1.54, 1.807) is 0 Å². The topological polar surface area (TPSA) is 731 Å². The summed E-state index contributed by atoms with van der Waals surface area (Å²) in [5.74, 6) is 0. The molecule has 0 aromatic heterocycles. The monoisotopic (exact) mass is 2120 g/mol. The van der Waals surface area contributed by atoms with E-state index in [1.807, 2.05) is 0 Å². The fourth-order valence-corrected chi connectivity index (χ4v) is 18.3. The molecule has 0 bridgehead atoms. The molecule has 39 atom stereocenters. The van der Waals surface area contributed by atoms with Gasteiger partial charge in [-0.25, -0.2) is 0 Å². The van der Waals surface area contributed by atoms with Crippen molar-refractivity contribution in [3.63, 3.8) is 0 Å². The molecule has 0 radical (unpaired) electrons. The Bertz CT molecular complexity index is 3090. The highest BCUT2D eigenvalue weighted by Crippen LogP contribution is 2.38. The van der Waals surface area contributed by atoms with Crippen LogP contribution < -0.4 is 0 Å². The zero-order chi connectivity index (χ0) is 106. The zero-order valence-electron chi connectivity index (χ0n) is 85.4. The van der Waals surface area contributed by atoms with Crippen molar-refractivity contribution in [1.82, 2.24) is 0 Å². The van der Waals surface area contributed by atoms with E-state index >= 15 is 0 Å². The van der Waals surface area contributed by atoms with Gasteiger partial charge in [0.25, 0.3) is 0 Å². The van der Waals surface area contributed by atoms with Gasteiger partial charge in [-0.1, -0.05) is 207 Å². The summed E-state index contributed by atoms with van der Waals surface area (Å²) in [7, 11) is 0. The Morgan fingerprint density at radius 3 is 0.724 bits per heavy atom. The highest BCUT2D eigenvalue weighted by Gasteiger charge is 2.57.